The molecule has 20 heavy (non-hydrogen) atoms. The molecule has 0 radical (unpaired) electrons. The van der Waals surface area contributed by atoms with Gasteiger partial charge in [0, 0.05) is 4.88 Å². The topological polar surface area (TPSA) is 116 Å². The Morgan fingerprint density at radius 1 is 1.30 bits per heavy atom. The maximum atomic E-state index is 11.7. The number of hydrogen-bond donors (Lipinski definition) is 4. The molecule has 0 bridgehead atoms. The summed E-state index contributed by atoms with van der Waals surface area (Å²) in [5.41, 5.74) is 0. The quantitative estimate of drug-likeness (QED) is 0.608. The molecule has 1 unspecified atom stereocenters. The van der Waals surface area contributed by atoms with Crippen LogP contribution < -0.4 is 10.6 Å². The molecule has 1 rings (SSSR count). The molecular formula is C12H16N2O5S. The number of carboxylic acids is 2. The minimum Gasteiger partial charge on any atom is -0.481 e. The standard InChI is InChI=1S/C12H16N2O5S/c1-2-7(9-4-3-5-20-9)13-12(19)14-8(11(17)18)6-10(15)16/h3-5,7-8H,2,6H2,1H3,(H,15,16)(H,17,18)(H2,13,14,19)/t7?,8-/m1/s1. The lowest BCUT2D eigenvalue weighted by Crippen LogP contribution is -2.47. The highest BCUT2D eigenvalue weighted by atomic mass is 32.1. The van der Waals surface area contributed by atoms with Gasteiger partial charge in [0.1, 0.15) is 6.04 Å². The molecule has 7 nitrogen and oxygen atoms in total. The fraction of sp³-hybridized carbons (Fsp3) is 0.417. The first-order valence-electron chi connectivity index (χ1n) is 5.99. The van der Waals surface area contributed by atoms with Gasteiger partial charge in [-0.15, -0.1) is 11.3 Å². The molecular weight excluding hydrogens is 284 g/mol. The Morgan fingerprint density at radius 2 is 2.00 bits per heavy atom. The molecule has 0 aromatic carbocycles. The van der Waals surface area contributed by atoms with E-state index >= 15 is 0 Å². The van der Waals surface area contributed by atoms with Gasteiger partial charge in [-0.2, -0.15) is 0 Å². The van der Waals surface area contributed by atoms with Crippen molar-refractivity contribution in [2.45, 2.75) is 31.8 Å². The van der Waals surface area contributed by atoms with Crippen LogP contribution in [0.25, 0.3) is 0 Å². The molecule has 2 atom stereocenters. The second-order valence-corrected chi connectivity index (χ2v) is 5.06. The summed E-state index contributed by atoms with van der Waals surface area (Å²) in [4.78, 5) is 34.1. The number of amides is 2. The van der Waals surface area contributed by atoms with E-state index < -0.39 is 30.4 Å². The Kier molecular flexibility index (Phi) is 5.98. The number of rotatable bonds is 7. The van der Waals surface area contributed by atoms with Gasteiger partial charge in [-0.3, -0.25) is 4.79 Å². The minimum atomic E-state index is -1.45. The normalized spacial score (nSPS) is 13.2. The molecule has 0 saturated carbocycles. The molecule has 0 aliphatic heterocycles. The number of carboxylic acid groups (broad SMARTS) is 2. The van der Waals surface area contributed by atoms with Crippen molar-refractivity contribution in [2.24, 2.45) is 0 Å². The number of urea groups is 1. The third-order valence-corrected chi connectivity index (χ3v) is 3.57. The second kappa shape index (κ2) is 7.49. The Bertz CT molecular complexity index is 474. The van der Waals surface area contributed by atoms with Gasteiger partial charge >= 0.3 is 18.0 Å². The molecule has 0 saturated heterocycles. The largest absolute Gasteiger partial charge is 0.481 e. The van der Waals surface area contributed by atoms with Gasteiger partial charge in [0.15, 0.2) is 0 Å². The van der Waals surface area contributed by atoms with Crippen LogP contribution in [0.5, 0.6) is 0 Å². The van der Waals surface area contributed by atoms with E-state index in [0.29, 0.717) is 6.42 Å². The van der Waals surface area contributed by atoms with Gasteiger partial charge in [-0.1, -0.05) is 13.0 Å². The van der Waals surface area contributed by atoms with Crippen molar-refractivity contribution < 1.29 is 24.6 Å². The fourth-order valence-electron chi connectivity index (χ4n) is 1.60. The van der Waals surface area contributed by atoms with Crippen LogP contribution >= 0.6 is 11.3 Å². The van der Waals surface area contributed by atoms with E-state index in [-0.39, 0.29) is 6.04 Å². The van der Waals surface area contributed by atoms with Crippen LogP contribution in [-0.4, -0.2) is 34.2 Å². The monoisotopic (exact) mass is 300 g/mol. The van der Waals surface area contributed by atoms with Gasteiger partial charge in [0.05, 0.1) is 12.5 Å². The average molecular weight is 300 g/mol. The van der Waals surface area contributed by atoms with Crippen molar-refractivity contribution in [2.75, 3.05) is 0 Å². The summed E-state index contributed by atoms with van der Waals surface area (Å²) in [5, 5.41) is 24.1. The van der Waals surface area contributed by atoms with Crippen LogP contribution in [0.2, 0.25) is 0 Å². The molecule has 2 amide bonds. The average Bonchev–Trinajstić information content (AvgIpc) is 2.88. The first-order valence-corrected chi connectivity index (χ1v) is 6.87. The highest BCUT2D eigenvalue weighted by molar-refractivity contribution is 7.10. The highest BCUT2D eigenvalue weighted by Gasteiger charge is 2.24. The van der Waals surface area contributed by atoms with E-state index in [9.17, 15) is 14.4 Å². The SMILES string of the molecule is CCC(NC(=O)N[C@H](CC(=O)O)C(=O)O)c1cccs1. The van der Waals surface area contributed by atoms with Gasteiger partial charge < -0.3 is 20.8 Å². The van der Waals surface area contributed by atoms with E-state index in [1.807, 2.05) is 24.4 Å². The van der Waals surface area contributed by atoms with Crippen LogP contribution in [0, 0.1) is 0 Å². The predicted molar refractivity (Wildman–Crippen MR) is 72.7 cm³/mol. The van der Waals surface area contributed by atoms with Crippen LogP contribution in [0.1, 0.15) is 30.7 Å². The van der Waals surface area contributed by atoms with Crippen molar-refractivity contribution >= 4 is 29.3 Å². The van der Waals surface area contributed by atoms with E-state index in [0.717, 1.165) is 4.88 Å². The van der Waals surface area contributed by atoms with Gasteiger partial charge in [0.25, 0.3) is 0 Å². The number of carbonyl (C=O) groups is 3. The molecule has 110 valence electrons. The molecule has 4 N–H and O–H groups in total. The first-order chi connectivity index (χ1) is 9.43. The summed E-state index contributed by atoms with van der Waals surface area (Å²) in [7, 11) is 0. The summed E-state index contributed by atoms with van der Waals surface area (Å²) >= 11 is 1.48. The van der Waals surface area contributed by atoms with Crippen molar-refractivity contribution in [3.8, 4) is 0 Å². The van der Waals surface area contributed by atoms with Crippen LogP contribution in [-0.2, 0) is 9.59 Å². The van der Waals surface area contributed by atoms with Crippen LogP contribution in [0.4, 0.5) is 4.79 Å². The Balaban J connectivity index is 2.60. The molecule has 1 heterocycles. The first kappa shape index (κ1) is 16.0. The summed E-state index contributed by atoms with van der Waals surface area (Å²) in [6.07, 6.45) is -0.0247. The Hall–Kier alpha value is -2.09. The molecule has 8 heteroatoms. The molecule has 1 aromatic heterocycles. The van der Waals surface area contributed by atoms with Gasteiger partial charge in [-0.05, 0) is 17.9 Å². The summed E-state index contributed by atoms with van der Waals surface area (Å²) in [5.74, 6) is -2.67. The smallest absolute Gasteiger partial charge is 0.326 e. The molecule has 0 aliphatic carbocycles. The van der Waals surface area contributed by atoms with E-state index in [4.69, 9.17) is 10.2 Å². The third kappa shape index (κ3) is 4.88. The third-order valence-electron chi connectivity index (χ3n) is 2.58. The maximum absolute atomic E-state index is 11.7. The van der Waals surface area contributed by atoms with E-state index in [1.165, 1.54) is 11.3 Å². The van der Waals surface area contributed by atoms with Crippen LogP contribution in [0.3, 0.4) is 0 Å². The zero-order valence-corrected chi connectivity index (χ0v) is 11.6. The Labute approximate surface area is 119 Å². The Morgan fingerprint density at radius 3 is 2.45 bits per heavy atom. The van der Waals surface area contributed by atoms with E-state index in [1.54, 1.807) is 0 Å². The molecule has 0 aliphatic rings. The number of thiophene rings is 1. The molecule has 0 spiro atoms. The van der Waals surface area contributed by atoms with Crippen molar-refractivity contribution in [3.63, 3.8) is 0 Å². The van der Waals surface area contributed by atoms with E-state index in [2.05, 4.69) is 10.6 Å². The van der Waals surface area contributed by atoms with Crippen LogP contribution in [0.15, 0.2) is 17.5 Å². The summed E-state index contributed by atoms with van der Waals surface area (Å²) in [6, 6.07) is 1.35. The zero-order chi connectivity index (χ0) is 15.1. The zero-order valence-electron chi connectivity index (χ0n) is 10.8. The lowest BCUT2D eigenvalue weighted by Gasteiger charge is -2.18. The molecule has 0 fully saturated rings. The summed E-state index contributed by atoms with van der Waals surface area (Å²) < 4.78 is 0. The van der Waals surface area contributed by atoms with Crippen molar-refractivity contribution in [1.29, 1.82) is 0 Å². The van der Waals surface area contributed by atoms with Gasteiger partial charge in [0.2, 0.25) is 0 Å². The number of carbonyl (C=O) groups excluding carboxylic acids is 1. The lowest BCUT2D eigenvalue weighted by atomic mass is 10.2. The number of aliphatic carboxylic acids is 2. The van der Waals surface area contributed by atoms with Crippen molar-refractivity contribution in [1.82, 2.24) is 10.6 Å². The molecule has 1 aromatic rings. The van der Waals surface area contributed by atoms with Gasteiger partial charge in [-0.25, -0.2) is 9.59 Å². The number of nitrogens with one attached hydrogen (secondary N) is 2. The number of hydrogen-bond acceptors (Lipinski definition) is 4. The fourth-order valence-corrected chi connectivity index (χ4v) is 2.46. The maximum Gasteiger partial charge on any atom is 0.326 e. The predicted octanol–water partition coefficient (Wildman–Crippen LogP) is 1.43. The minimum absolute atomic E-state index is 0.228. The van der Waals surface area contributed by atoms with Crippen molar-refractivity contribution in [3.05, 3.63) is 22.4 Å². The second-order valence-electron chi connectivity index (χ2n) is 4.08. The summed E-state index contributed by atoms with van der Waals surface area (Å²) in [6.45, 7) is 1.89. The highest BCUT2D eigenvalue weighted by Crippen LogP contribution is 2.21. The lowest BCUT2D eigenvalue weighted by molar-refractivity contribution is -0.145.